The van der Waals surface area contributed by atoms with Crippen molar-refractivity contribution >= 4 is 23.2 Å². The number of aromatic nitrogens is 5. The molecule has 0 spiro atoms. The summed E-state index contributed by atoms with van der Waals surface area (Å²) in [5.41, 5.74) is 1.29. The molecule has 0 aromatic carbocycles. The van der Waals surface area contributed by atoms with Crippen molar-refractivity contribution in [2.24, 2.45) is 0 Å². The van der Waals surface area contributed by atoms with Crippen LogP contribution in [0, 0.1) is 6.92 Å². The van der Waals surface area contributed by atoms with E-state index in [-0.39, 0.29) is 23.4 Å². The third kappa shape index (κ3) is 4.86. The van der Waals surface area contributed by atoms with Gasteiger partial charge in [0.05, 0.1) is 11.3 Å². The molecule has 0 saturated heterocycles. The summed E-state index contributed by atoms with van der Waals surface area (Å²) in [7, 11) is 0. The lowest BCUT2D eigenvalue weighted by atomic mass is 10.2. The van der Waals surface area contributed by atoms with E-state index in [4.69, 9.17) is 4.52 Å². The highest BCUT2D eigenvalue weighted by Gasteiger charge is 2.29. The highest BCUT2D eigenvalue weighted by Crippen LogP contribution is 2.31. The van der Waals surface area contributed by atoms with Gasteiger partial charge in [-0.3, -0.25) is 4.79 Å². The third-order valence-electron chi connectivity index (χ3n) is 3.77. The molecule has 0 aliphatic heterocycles. The van der Waals surface area contributed by atoms with Crippen molar-refractivity contribution in [3.05, 3.63) is 35.7 Å². The Morgan fingerprint density at radius 3 is 2.55 bits per heavy atom. The van der Waals surface area contributed by atoms with E-state index in [9.17, 15) is 13.6 Å². The fourth-order valence-corrected chi connectivity index (χ4v) is 2.47. The van der Waals surface area contributed by atoms with Gasteiger partial charge in [0, 0.05) is 44.8 Å². The normalized spacial score (nSPS) is 11.4. The predicted octanol–water partition coefficient (Wildman–Crippen LogP) is 3.61. The Kier molecular flexibility index (Phi) is 5.48. The zero-order valence-electron chi connectivity index (χ0n) is 16.2. The zero-order chi connectivity index (χ0) is 21.2. The van der Waals surface area contributed by atoms with E-state index >= 15 is 0 Å². The van der Waals surface area contributed by atoms with Crippen LogP contribution in [0.5, 0.6) is 0 Å². The quantitative estimate of drug-likeness (QED) is 0.641. The molecule has 11 heteroatoms. The number of amides is 1. The molecule has 0 atom stereocenters. The van der Waals surface area contributed by atoms with E-state index in [0.29, 0.717) is 29.3 Å². The Labute approximate surface area is 165 Å². The second-order valence-electron chi connectivity index (χ2n) is 6.37. The lowest BCUT2D eigenvalue weighted by molar-refractivity contribution is -0.114. The number of nitrogens with zero attached hydrogens (tertiary/aromatic N) is 5. The van der Waals surface area contributed by atoms with Gasteiger partial charge < -0.3 is 15.2 Å². The number of rotatable bonds is 6. The van der Waals surface area contributed by atoms with Crippen LogP contribution in [-0.4, -0.2) is 31.0 Å². The van der Waals surface area contributed by atoms with Crippen LogP contribution >= 0.6 is 0 Å². The molecule has 0 aliphatic carbocycles. The number of hydrogen-bond donors (Lipinski definition) is 2. The summed E-state index contributed by atoms with van der Waals surface area (Å²) in [6, 6.07) is 3.10. The topological polar surface area (TPSA) is 119 Å². The SMILES string of the molecule is CCc1cc(Nc2cc(NC(C)=O)ncc2-c2noc(C)n2)nc(C(C)(F)F)n1. The van der Waals surface area contributed by atoms with Crippen LogP contribution in [0.2, 0.25) is 0 Å². The largest absolute Gasteiger partial charge is 0.339 e. The molecule has 0 unspecified atom stereocenters. The van der Waals surface area contributed by atoms with Crippen molar-refractivity contribution in [2.75, 3.05) is 10.6 Å². The molecule has 0 saturated carbocycles. The molecule has 3 aromatic heterocycles. The molecule has 152 valence electrons. The van der Waals surface area contributed by atoms with Crippen molar-refractivity contribution in [2.45, 2.75) is 40.0 Å². The summed E-state index contributed by atoms with van der Waals surface area (Å²) < 4.78 is 32.6. The maximum absolute atomic E-state index is 13.8. The van der Waals surface area contributed by atoms with Gasteiger partial charge in [0.1, 0.15) is 11.6 Å². The molecule has 0 aliphatic rings. The van der Waals surface area contributed by atoms with Crippen LogP contribution in [0.25, 0.3) is 11.4 Å². The van der Waals surface area contributed by atoms with Crippen molar-refractivity contribution in [3.8, 4) is 11.4 Å². The minimum atomic E-state index is -3.20. The number of pyridine rings is 1. The Bertz CT molecular complexity index is 1050. The number of alkyl halides is 2. The second-order valence-corrected chi connectivity index (χ2v) is 6.37. The van der Waals surface area contributed by atoms with Crippen molar-refractivity contribution in [1.82, 2.24) is 25.1 Å². The molecule has 29 heavy (non-hydrogen) atoms. The summed E-state index contributed by atoms with van der Waals surface area (Å²) >= 11 is 0. The smallest absolute Gasteiger partial charge is 0.303 e. The van der Waals surface area contributed by atoms with Gasteiger partial charge in [-0.1, -0.05) is 12.1 Å². The van der Waals surface area contributed by atoms with Crippen LogP contribution in [-0.2, 0) is 17.1 Å². The first-order valence-electron chi connectivity index (χ1n) is 8.77. The van der Waals surface area contributed by atoms with Gasteiger partial charge in [-0.05, 0) is 6.42 Å². The Morgan fingerprint density at radius 1 is 1.21 bits per heavy atom. The van der Waals surface area contributed by atoms with Crippen LogP contribution in [0.1, 0.15) is 38.2 Å². The van der Waals surface area contributed by atoms with Gasteiger partial charge in [-0.25, -0.2) is 15.0 Å². The van der Waals surface area contributed by atoms with Crippen LogP contribution in [0.15, 0.2) is 22.9 Å². The maximum atomic E-state index is 13.8. The molecule has 3 aromatic rings. The third-order valence-corrected chi connectivity index (χ3v) is 3.77. The number of hydrogen-bond acceptors (Lipinski definition) is 8. The van der Waals surface area contributed by atoms with E-state index in [1.165, 1.54) is 19.2 Å². The van der Waals surface area contributed by atoms with Gasteiger partial charge in [-0.15, -0.1) is 0 Å². The molecule has 1 amide bonds. The zero-order valence-corrected chi connectivity index (χ0v) is 16.2. The fraction of sp³-hybridized carbons (Fsp3) is 0.333. The molecule has 3 heterocycles. The van der Waals surface area contributed by atoms with Gasteiger partial charge >= 0.3 is 5.92 Å². The Balaban J connectivity index is 2.08. The lowest BCUT2D eigenvalue weighted by Crippen LogP contribution is -2.15. The highest BCUT2D eigenvalue weighted by molar-refractivity contribution is 5.89. The minimum absolute atomic E-state index is 0.162. The number of aryl methyl sites for hydroxylation is 2. The van der Waals surface area contributed by atoms with Crippen molar-refractivity contribution < 1.29 is 18.1 Å². The van der Waals surface area contributed by atoms with Crippen molar-refractivity contribution in [1.29, 1.82) is 0 Å². The van der Waals surface area contributed by atoms with E-state index < -0.39 is 11.7 Å². The van der Waals surface area contributed by atoms with E-state index in [1.807, 2.05) is 0 Å². The molecule has 0 bridgehead atoms. The molecule has 3 rings (SSSR count). The first-order valence-corrected chi connectivity index (χ1v) is 8.77. The molecule has 9 nitrogen and oxygen atoms in total. The number of carbonyl (C=O) groups is 1. The average molecular weight is 403 g/mol. The Morgan fingerprint density at radius 2 is 1.97 bits per heavy atom. The fourth-order valence-electron chi connectivity index (χ4n) is 2.47. The number of carbonyl (C=O) groups excluding carboxylic acids is 1. The second kappa shape index (κ2) is 7.86. The molecular weight excluding hydrogens is 384 g/mol. The van der Waals surface area contributed by atoms with Crippen molar-refractivity contribution in [3.63, 3.8) is 0 Å². The highest BCUT2D eigenvalue weighted by atomic mass is 19.3. The monoisotopic (exact) mass is 403 g/mol. The standard InChI is InChI=1S/C18H19F2N7O2/c1-5-11-6-15(26-17(24-11)18(4,19)20)25-13-7-14(22-9(2)28)21-8-12(13)16-23-10(3)29-27-16/h6-8H,5H2,1-4H3,(H2,21,22,24,25,26,28). The Hall–Kier alpha value is -3.50. The maximum Gasteiger partial charge on any atom is 0.303 e. The average Bonchev–Trinajstić information content (AvgIpc) is 3.06. The molecule has 0 fully saturated rings. The van der Waals surface area contributed by atoms with Crippen LogP contribution in [0.3, 0.4) is 0 Å². The summed E-state index contributed by atoms with van der Waals surface area (Å²) in [4.78, 5) is 27.5. The summed E-state index contributed by atoms with van der Waals surface area (Å²) in [6.07, 6.45) is 1.89. The molecular formula is C18H19F2N7O2. The van der Waals surface area contributed by atoms with E-state index in [0.717, 1.165) is 6.92 Å². The molecule has 0 radical (unpaired) electrons. The number of nitrogens with one attached hydrogen (secondary N) is 2. The number of halogens is 2. The van der Waals surface area contributed by atoms with E-state index in [1.54, 1.807) is 19.9 Å². The van der Waals surface area contributed by atoms with Gasteiger partial charge in [0.2, 0.25) is 23.4 Å². The summed E-state index contributed by atoms with van der Waals surface area (Å²) in [6.45, 7) is 5.52. The van der Waals surface area contributed by atoms with Gasteiger partial charge in [0.25, 0.3) is 0 Å². The van der Waals surface area contributed by atoms with Crippen LogP contribution in [0.4, 0.5) is 26.1 Å². The predicted molar refractivity (Wildman–Crippen MR) is 101 cm³/mol. The first kappa shape index (κ1) is 20.2. The first-order chi connectivity index (χ1) is 13.7. The van der Waals surface area contributed by atoms with E-state index in [2.05, 4.69) is 35.7 Å². The van der Waals surface area contributed by atoms with Gasteiger partial charge in [0.15, 0.2) is 0 Å². The number of anilines is 3. The summed E-state index contributed by atoms with van der Waals surface area (Å²) in [5.74, 6) is -3.08. The lowest BCUT2D eigenvalue weighted by Gasteiger charge is -2.15. The summed E-state index contributed by atoms with van der Waals surface area (Å²) in [5, 5.41) is 9.41. The van der Waals surface area contributed by atoms with Gasteiger partial charge in [-0.2, -0.15) is 13.8 Å². The van der Waals surface area contributed by atoms with Crippen LogP contribution < -0.4 is 10.6 Å². The minimum Gasteiger partial charge on any atom is -0.339 e. The molecule has 2 N–H and O–H groups in total.